The molecule has 1 rings (SSSR count). The molecule has 19 heavy (non-hydrogen) atoms. The van der Waals surface area contributed by atoms with Gasteiger partial charge in [0.2, 0.25) is 0 Å². The monoisotopic (exact) mass is 276 g/mol. The maximum absolute atomic E-state index is 12.3. The second kappa shape index (κ2) is 7.04. The highest BCUT2D eigenvalue weighted by atomic mass is 19.4. The second-order valence-electron chi connectivity index (χ2n) is 3.65. The van der Waals surface area contributed by atoms with Crippen molar-refractivity contribution in [3.63, 3.8) is 0 Å². The van der Waals surface area contributed by atoms with Gasteiger partial charge in [-0.1, -0.05) is 18.7 Å². The zero-order valence-corrected chi connectivity index (χ0v) is 10.5. The van der Waals surface area contributed by atoms with Gasteiger partial charge in [-0.25, -0.2) is 0 Å². The van der Waals surface area contributed by atoms with E-state index in [-0.39, 0.29) is 18.1 Å². The van der Waals surface area contributed by atoms with Gasteiger partial charge in [0, 0.05) is 20.1 Å². The summed E-state index contributed by atoms with van der Waals surface area (Å²) < 4.78 is 50.8. The van der Waals surface area contributed by atoms with E-state index in [2.05, 4.69) is 11.3 Å². The molecule has 3 nitrogen and oxygen atoms in total. The number of benzene rings is 1. The first-order valence-corrected chi connectivity index (χ1v) is 5.60. The summed E-state index contributed by atoms with van der Waals surface area (Å²) >= 11 is 0. The van der Waals surface area contributed by atoms with Gasteiger partial charge in [-0.2, -0.15) is 0 Å². The largest absolute Gasteiger partial charge is 0.573 e. The summed E-state index contributed by atoms with van der Waals surface area (Å²) in [5, 5.41) is 0. The smallest absolute Gasteiger partial charge is 0.490 e. The van der Waals surface area contributed by atoms with Crippen LogP contribution in [-0.4, -0.2) is 26.7 Å². The SMILES string of the molecule is C=Cc1ccc(OCCCOC)c(OC(F)(F)F)c1. The lowest BCUT2D eigenvalue weighted by atomic mass is 10.2. The lowest BCUT2D eigenvalue weighted by Gasteiger charge is -2.14. The molecule has 0 amide bonds. The molecule has 0 N–H and O–H groups in total. The summed E-state index contributed by atoms with van der Waals surface area (Å²) in [6, 6.07) is 4.25. The van der Waals surface area contributed by atoms with E-state index in [1.54, 1.807) is 6.07 Å². The van der Waals surface area contributed by atoms with Crippen molar-refractivity contribution in [3.05, 3.63) is 30.3 Å². The van der Waals surface area contributed by atoms with Gasteiger partial charge in [0.05, 0.1) is 6.61 Å². The Morgan fingerprint density at radius 1 is 1.21 bits per heavy atom. The molecule has 0 aliphatic rings. The molecule has 0 saturated heterocycles. The van der Waals surface area contributed by atoms with Crippen molar-refractivity contribution in [2.45, 2.75) is 12.8 Å². The first-order chi connectivity index (χ1) is 8.96. The van der Waals surface area contributed by atoms with Gasteiger partial charge < -0.3 is 14.2 Å². The van der Waals surface area contributed by atoms with Crippen molar-refractivity contribution < 1.29 is 27.4 Å². The van der Waals surface area contributed by atoms with Crippen molar-refractivity contribution in [1.82, 2.24) is 0 Å². The first-order valence-electron chi connectivity index (χ1n) is 5.60. The highest BCUT2D eigenvalue weighted by Crippen LogP contribution is 2.33. The fourth-order valence-electron chi connectivity index (χ4n) is 1.36. The molecule has 1 aromatic carbocycles. The van der Waals surface area contributed by atoms with E-state index in [9.17, 15) is 13.2 Å². The Balaban J connectivity index is 2.80. The molecule has 0 heterocycles. The van der Waals surface area contributed by atoms with Gasteiger partial charge in [0.15, 0.2) is 11.5 Å². The molecular weight excluding hydrogens is 261 g/mol. The van der Waals surface area contributed by atoms with Crippen molar-refractivity contribution in [2.24, 2.45) is 0 Å². The van der Waals surface area contributed by atoms with E-state index in [0.29, 0.717) is 18.6 Å². The van der Waals surface area contributed by atoms with Crippen LogP contribution in [0.2, 0.25) is 0 Å². The third kappa shape index (κ3) is 5.65. The summed E-state index contributed by atoms with van der Waals surface area (Å²) in [4.78, 5) is 0. The van der Waals surface area contributed by atoms with Crippen molar-refractivity contribution in [3.8, 4) is 11.5 Å². The van der Waals surface area contributed by atoms with Crippen LogP contribution in [0.3, 0.4) is 0 Å². The Kier molecular flexibility index (Phi) is 5.69. The molecule has 6 heteroatoms. The van der Waals surface area contributed by atoms with Crippen LogP contribution >= 0.6 is 0 Å². The normalized spacial score (nSPS) is 11.2. The number of halogens is 3. The standard InChI is InChI=1S/C13H15F3O3/c1-3-10-5-6-11(18-8-4-7-17-2)12(9-10)19-13(14,15)16/h3,5-6,9H,1,4,7-8H2,2H3. The Morgan fingerprint density at radius 2 is 1.95 bits per heavy atom. The van der Waals surface area contributed by atoms with Crippen LogP contribution in [0.1, 0.15) is 12.0 Å². The molecule has 0 spiro atoms. The Labute approximate surface area is 109 Å². The summed E-state index contributed by atoms with van der Waals surface area (Å²) in [7, 11) is 1.54. The van der Waals surface area contributed by atoms with Gasteiger partial charge in [0.25, 0.3) is 0 Å². The van der Waals surface area contributed by atoms with E-state index in [0.717, 1.165) is 0 Å². The molecule has 106 valence electrons. The predicted molar refractivity (Wildman–Crippen MR) is 65.2 cm³/mol. The highest BCUT2D eigenvalue weighted by molar-refractivity contribution is 5.54. The maximum atomic E-state index is 12.3. The molecule has 0 aliphatic carbocycles. The first kappa shape index (κ1) is 15.4. The van der Waals surface area contributed by atoms with Crippen LogP contribution in [0.25, 0.3) is 6.08 Å². The van der Waals surface area contributed by atoms with Gasteiger partial charge in [-0.15, -0.1) is 13.2 Å². The van der Waals surface area contributed by atoms with Gasteiger partial charge in [0.1, 0.15) is 0 Å². The number of ether oxygens (including phenoxy) is 3. The van der Waals surface area contributed by atoms with Crippen molar-refractivity contribution in [1.29, 1.82) is 0 Å². The van der Waals surface area contributed by atoms with E-state index in [4.69, 9.17) is 9.47 Å². The Hall–Kier alpha value is -1.69. The molecule has 0 saturated carbocycles. The number of methoxy groups -OCH3 is 1. The molecule has 0 radical (unpaired) electrons. The van der Waals surface area contributed by atoms with Crippen LogP contribution in [-0.2, 0) is 4.74 Å². The van der Waals surface area contributed by atoms with Crippen LogP contribution in [0.5, 0.6) is 11.5 Å². The molecule has 0 atom stereocenters. The van der Waals surface area contributed by atoms with Gasteiger partial charge in [-0.05, 0) is 17.7 Å². The summed E-state index contributed by atoms with van der Waals surface area (Å²) in [6.45, 7) is 4.21. The Bertz CT molecular complexity index is 416. The Morgan fingerprint density at radius 3 is 2.53 bits per heavy atom. The van der Waals surface area contributed by atoms with Gasteiger partial charge in [-0.3, -0.25) is 0 Å². The summed E-state index contributed by atoms with van der Waals surface area (Å²) in [5.41, 5.74) is 0.517. The van der Waals surface area contributed by atoms with Crippen molar-refractivity contribution in [2.75, 3.05) is 20.3 Å². The quantitative estimate of drug-likeness (QED) is 0.711. The minimum Gasteiger partial charge on any atom is -0.490 e. The lowest BCUT2D eigenvalue weighted by molar-refractivity contribution is -0.275. The zero-order chi connectivity index (χ0) is 14.3. The third-order valence-corrected chi connectivity index (χ3v) is 2.18. The lowest BCUT2D eigenvalue weighted by Crippen LogP contribution is -2.18. The van der Waals surface area contributed by atoms with Crippen LogP contribution < -0.4 is 9.47 Å². The van der Waals surface area contributed by atoms with Crippen molar-refractivity contribution >= 4 is 6.08 Å². The van der Waals surface area contributed by atoms with E-state index in [1.807, 2.05) is 0 Å². The fourth-order valence-corrected chi connectivity index (χ4v) is 1.36. The van der Waals surface area contributed by atoms with Gasteiger partial charge >= 0.3 is 6.36 Å². The maximum Gasteiger partial charge on any atom is 0.573 e. The van der Waals surface area contributed by atoms with Crippen LogP contribution in [0.15, 0.2) is 24.8 Å². The number of hydrogen-bond donors (Lipinski definition) is 0. The summed E-state index contributed by atoms with van der Waals surface area (Å²) in [5.74, 6) is -0.332. The molecule has 0 unspecified atom stereocenters. The molecule has 0 aromatic heterocycles. The molecule has 0 bridgehead atoms. The average molecular weight is 276 g/mol. The minimum absolute atomic E-state index is 0.0408. The second-order valence-corrected chi connectivity index (χ2v) is 3.65. The third-order valence-electron chi connectivity index (χ3n) is 2.18. The van der Waals surface area contributed by atoms with E-state index < -0.39 is 6.36 Å². The predicted octanol–water partition coefficient (Wildman–Crippen LogP) is 3.64. The van der Waals surface area contributed by atoms with Crippen LogP contribution in [0, 0.1) is 0 Å². The highest BCUT2D eigenvalue weighted by Gasteiger charge is 2.32. The van der Waals surface area contributed by atoms with E-state index >= 15 is 0 Å². The zero-order valence-electron chi connectivity index (χ0n) is 10.5. The number of rotatable bonds is 7. The molecular formula is C13H15F3O3. The minimum atomic E-state index is -4.76. The molecule has 0 fully saturated rings. The van der Waals surface area contributed by atoms with Crippen LogP contribution in [0.4, 0.5) is 13.2 Å². The fraction of sp³-hybridized carbons (Fsp3) is 0.385. The number of hydrogen-bond acceptors (Lipinski definition) is 3. The molecule has 0 aliphatic heterocycles. The average Bonchev–Trinajstić information content (AvgIpc) is 2.34. The number of alkyl halides is 3. The molecule has 1 aromatic rings. The summed E-state index contributed by atoms with van der Waals surface area (Å²) in [6.07, 6.45) is -2.76. The topological polar surface area (TPSA) is 27.7 Å². The van der Waals surface area contributed by atoms with E-state index in [1.165, 1.54) is 25.3 Å².